The Morgan fingerprint density at radius 1 is 1.44 bits per heavy atom. The van der Waals surface area contributed by atoms with Crippen LogP contribution in [0.1, 0.15) is 22.8 Å². The second-order valence-corrected chi connectivity index (χ2v) is 7.44. The fourth-order valence-corrected chi connectivity index (χ4v) is 4.19. The highest BCUT2D eigenvalue weighted by Gasteiger charge is 2.27. The first-order valence-corrected chi connectivity index (χ1v) is 8.36. The largest absolute Gasteiger partial charge is 0.611 e. The molecule has 0 saturated heterocycles. The van der Waals surface area contributed by atoms with E-state index in [4.69, 9.17) is 5.11 Å². The first kappa shape index (κ1) is 15.0. The maximum Gasteiger partial charge on any atom is 0.336 e. The summed E-state index contributed by atoms with van der Waals surface area (Å²) in [4.78, 5) is 11.0. The van der Waals surface area contributed by atoms with E-state index in [0.717, 1.165) is 6.26 Å². The molecule has 1 rings (SSSR count). The maximum atomic E-state index is 11.9. The van der Waals surface area contributed by atoms with Crippen molar-refractivity contribution in [2.45, 2.75) is 23.6 Å². The van der Waals surface area contributed by atoms with E-state index in [1.54, 1.807) is 6.92 Å². The van der Waals surface area contributed by atoms with Gasteiger partial charge in [0.05, 0.1) is 5.56 Å². The van der Waals surface area contributed by atoms with E-state index in [9.17, 15) is 17.8 Å². The van der Waals surface area contributed by atoms with Crippen molar-refractivity contribution in [3.63, 3.8) is 0 Å². The zero-order chi connectivity index (χ0) is 14.1. The molecule has 1 aromatic rings. The SMILES string of the molecule is CC[S+]([O-])c1c(S(C)(=O)=O)ccc(C(=O)O)c1C. The Balaban J connectivity index is 3.67. The molecule has 1 aromatic carbocycles. The number of hydrogen-bond donors (Lipinski definition) is 1. The van der Waals surface area contributed by atoms with E-state index in [-0.39, 0.29) is 26.7 Å². The topological polar surface area (TPSA) is 94.5 Å². The first-order valence-electron chi connectivity index (χ1n) is 5.15. The molecular formula is C11H14O5S2. The standard InChI is InChI=1S/C11H14O5S2/c1-4-17(14)10-7(2)8(11(12)13)5-6-9(10)18(3,15)16/h5-6H,4H2,1-3H3,(H,12,13). The van der Waals surface area contributed by atoms with Crippen molar-refractivity contribution < 1.29 is 22.9 Å². The molecule has 0 bridgehead atoms. The summed E-state index contributed by atoms with van der Waals surface area (Å²) in [6, 6.07) is 2.43. The maximum absolute atomic E-state index is 11.9. The van der Waals surface area contributed by atoms with Crippen LogP contribution in [0.3, 0.4) is 0 Å². The summed E-state index contributed by atoms with van der Waals surface area (Å²) in [5.41, 5.74) is 0.213. The summed E-state index contributed by atoms with van der Waals surface area (Å²) < 4.78 is 35.2. The van der Waals surface area contributed by atoms with Crippen LogP contribution in [0, 0.1) is 6.92 Å². The molecule has 1 N–H and O–H groups in total. The van der Waals surface area contributed by atoms with Crippen molar-refractivity contribution in [1.29, 1.82) is 0 Å². The fraction of sp³-hybridized carbons (Fsp3) is 0.364. The number of rotatable bonds is 4. The van der Waals surface area contributed by atoms with Gasteiger partial charge in [-0.25, -0.2) is 13.2 Å². The molecule has 7 heteroatoms. The summed E-state index contributed by atoms with van der Waals surface area (Å²) in [5.74, 6) is -0.936. The lowest BCUT2D eigenvalue weighted by atomic mass is 10.1. The molecule has 5 nitrogen and oxygen atoms in total. The minimum atomic E-state index is -3.54. The van der Waals surface area contributed by atoms with Crippen molar-refractivity contribution in [2.75, 3.05) is 12.0 Å². The number of sulfone groups is 1. The van der Waals surface area contributed by atoms with Crippen LogP contribution in [0.25, 0.3) is 0 Å². The highest BCUT2D eigenvalue weighted by Crippen LogP contribution is 2.28. The van der Waals surface area contributed by atoms with Gasteiger partial charge >= 0.3 is 5.97 Å². The van der Waals surface area contributed by atoms with Crippen molar-refractivity contribution in [3.05, 3.63) is 23.3 Å². The lowest BCUT2D eigenvalue weighted by Gasteiger charge is -2.15. The van der Waals surface area contributed by atoms with Gasteiger partial charge < -0.3 is 9.66 Å². The summed E-state index contributed by atoms with van der Waals surface area (Å²) >= 11 is -1.53. The van der Waals surface area contributed by atoms with Crippen LogP contribution in [0.4, 0.5) is 0 Å². The second kappa shape index (κ2) is 5.29. The van der Waals surface area contributed by atoms with Crippen LogP contribution >= 0.6 is 0 Å². The Morgan fingerprint density at radius 3 is 2.39 bits per heavy atom. The van der Waals surface area contributed by atoms with E-state index in [1.807, 2.05) is 0 Å². The molecule has 1 atom stereocenters. The van der Waals surface area contributed by atoms with Crippen LogP contribution in [0.2, 0.25) is 0 Å². The lowest BCUT2D eigenvalue weighted by Crippen LogP contribution is -2.15. The molecule has 0 spiro atoms. The van der Waals surface area contributed by atoms with Gasteiger partial charge in [-0.2, -0.15) is 0 Å². The Kier molecular flexibility index (Phi) is 4.41. The fourth-order valence-electron chi connectivity index (χ4n) is 1.62. The molecular weight excluding hydrogens is 276 g/mol. The Morgan fingerprint density at radius 2 is 2.00 bits per heavy atom. The number of aromatic carboxylic acids is 1. The molecule has 0 amide bonds. The molecule has 18 heavy (non-hydrogen) atoms. The first-order chi connectivity index (χ1) is 8.20. The van der Waals surface area contributed by atoms with Crippen molar-refractivity contribution in [2.24, 2.45) is 0 Å². The molecule has 100 valence electrons. The highest BCUT2D eigenvalue weighted by molar-refractivity contribution is 7.94. The molecule has 0 aromatic heterocycles. The number of carbonyl (C=O) groups is 1. The zero-order valence-electron chi connectivity index (χ0n) is 10.3. The van der Waals surface area contributed by atoms with Gasteiger partial charge in [-0.3, -0.25) is 0 Å². The third kappa shape index (κ3) is 2.85. The van der Waals surface area contributed by atoms with Crippen LogP contribution in [-0.4, -0.2) is 36.1 Å². The second-order valence-electron chi connectivity index (χ2n) is 3.78. The normalized spacial score (nSPS) is 13.3. The van der Waals surface area contributed by atoms with Gasteiger partial charge in [-0.05, 0) is 37.2 Å². The van der Waals surface area contributed by atoms with E-state index < -0.39 is 27.0 Å². The van der Waals surface area contributed by atoms with Crippen molar-refractivity contribution in [1.82, 2.24) is 0 Å². The van der Waals surface area contributed by atoms with E-state index in [2.05, 4.69) is 0 Å². The minimum Gasteiger partial charge on any atom is -0.611 e. The van der Waals surface area contributed by atoms with Gasteiger partial charge in [0.2, 0.25) is 0 Å². The quantitative estimate of drug-likeness (QED) is 0.841. The molecule has 0 saturated carbocycles. The monoisotopic (exact) mass is 290 g/mol. The summed E-state index contributed by atoms with van der Waals surface area (Å²) in [6.07, 6.45) is 1.01. The average molecular weight is 290 g/mol. The molecule has 0 aliphatic rings. The van der Waals surface area contributed by atoms with E-state index in [1.165, 1.54) is 19.1 Å². The van der Waals surface area contributed by atoms with E-state index >= 15 is 0 Å². The predicted octanol–water partition coefficient (Wildman–Crippen LogP) is 1.22. The van der Waals surface area contributed by atoms with Crippen LogP contribution in [0.15, 0.2) is 21.9 Å². The molecule has 0 heterocycles. The zero-order valence-corrected chi connectivity index (χ0v) is 11.9. The average Bonchev–Trinajstić information content (AvgIpc) is 2.25. The predicted molar refractivity (Wildman–Crippen MR) is 68.2 cm³/mol. The minimum absolute atomic E-state index is 0.0285. The lowest BCUT2D eigenvalue weighted by molar-refractivity contribution is 0.0695. The molecule has 0 radical (unpaired) electrons. The number of hydrogen-bond acceptors (Lipinski definition) is 4. The molecule has 1 unspecified atom stereocenters. The molecule has 0 aliphatic heterocycles. The van der Waals surface area contributed by atoms with Crippen molar-refractivity contribution >= 4 is 27.0 Å². The van der Waals surface area contributed by atoms with Crippen LogP contribution in [0.5, 0.6) is 0 Å². The van der Waals surface area contributed by atoms with E-state index in [0.29, 0.717) is 0 Å². The van der Waals surface area contributed by atoms with Gasteiger partial charge in [0.25, 0.3) is 0 Å². The Hall–Kier alpha value is -1.05. The van der Waals surface area contributed by atoms with Gasteiger partial charge in [0, 0.05) is 11.8 Å². The third-order valence-corrected chi connectivity index (χ3v) is 5.26. The Labute approximate surface area is 109 Å². The Bertz CT molecular complexity index is 577. The summed E-state index contributed by atoms with van der Waals surface area (Å²) in [5, 5.41) is 8.99. The molecule has 0 aliphatic carbocycles. The van der Waals surface area contributed by atoms with Gasteiger partial charge in [-0.1, -0.05) is 0 Å². The third-order valence-electron chi connectivity index (χ3n) is 2.49. The number of carboxylic acid groups (broad SMARTS) is 1. The highest BCUT2D eigenvalue weighted by atomic mass is 32.2. The number of carboxylic acids is 1. The number of benzene rings is 1. The van der Waals surface area contributed by atoms with Gasteiger partial charge in [-0.15, -0.1) is 0 Å². The van der Waals surface area contributed by atoms with Crippen LogP contribution in [-0.2, 0) is 21.0 Å². The van der Waals surface area contributed by atoms with Crippen molar-refractivity contribution in [3.8, 4) is 0 Å². The smallest absolute Gasteiger partial charge is 0.336 e. The van der Waals surface area contributed by atoms with Gasteiger partial charge in [0.1, 0.15) is 10.6 Å². The summed E-state index contributed by atoms with van der Waals surface area (Å²) in [6.45, 7) is 3.12. The summed E-state index contributed by atoms with van der Waals surface area (Å²) in [7, 11) is -3.54. The van der Waals surface area contributed by atoms with Crippen LogP contribution < -0.4 is 0 Å². The molecule has 0 fully saturated rings. The van der Waals surface area contributed by atoms with Gasteiger partial charge in [0.15, 0.2) is 14.7 Å².